The van der Waals surface area contributed by atoms with Crippen molar-refractivity contribution >= 4 is 17.1 Å². The van der Waals surface area contributed by atoms with Crippen molar-refractivity contribution in [3.63, 3.8) is 0 Å². The highest BCUT2D eigenvalue weighted by Crippen LogP contribution is 2.23. The van der Waals surface area contributed by atoms with Crippen LogP contribution in [0.3, 0.4) is 0 Å². The van der Waals surface area contributed by atoms with Gasteiger partial charge in [-0.25, -0.2) is 4.98 Å². The van der Waals surface area contributed by atoms with E-state index in [1.807, 2.05) is 17.5 Å². The number of carbonyl (C=O) groups excluding carboxylic acids is 1. The number of oxazole rings is 1. The van der Waals surface area contributed by atoms with Crippen LogP contribution in [0.25, 0.3) is 10.8 Å². The first-order valence-electron chi connectivity index (χ1n) is 4.24. The first-order valence-corrected chi connectivity index (χ1v) is 5.11. The minimum atomic E-state index is 0.0823. The Hall–Kier alpha value is -1.42. The molecule has 2 aromatic rings. The lowest BCUT2D eigenvalue weighted by Gasteiger charge is -1.89. The molecule has 2 aromatic heterocycles. The molecule has 2 heterocycles. The monoisotopic (exact) mass is 207 g/mol. The van der Waals surface area contributed by atoms with Gasteiger partial charge in [0, 0.05) is 0 Å². The van der Waals surface area contributed by atoms with E-state index in [1.54, 1.807) is 17.5 Å². The van der Waals surface area contributed by atoms with Crippen LogP contribution in [-0.4, -0.2) is 10.8 Å². The topological polar surface area (TPSA) is 43.1 Å². The van der Waals surface area contributed by atoms with Gasteiger partial charge in [0.05, 0.1) is 17.5 Å². The van der Waals surface area contributed by atoms with Crippen molar-refractivity contribution in [2.75, 3.05) is 0 Å². The molecule has 0 fully saturated rings. The number of nitrogens with zero attached hydrogens (tertiary/aromatic N) is 1. The van der Waals surface area contributed by atoms with Gasteiger partial charge in [0.1, 0.15) is 11.5 Å². The molecule has 0 unspecified atom stereocenters. The lowest BCUT2D eigenvalue weighted by molar-refractivity contribution is -0.116. The lowest BCUT2D eigenvalue weighted by atomic mass is 10.3. The maximum Gasteiger partial charge on any atom is 0.236 e. The van der Waals surface area contributed by atoms with E-state index in [9.17, 15) is 4.79 Å². The van der Waals surface area contributed by atoms with Gasteiger partial charge in [0.15, 0.2) is 0 Å². The van der Waals surface area contributed by atoms with E-state index < -0.39 is 0 Å². The predicted molar refractivity (Wildman–Crippen MR) is 54.2 cm³/mol. The zero-order chi connectivity index (χ0) is 9.97. The Balaban J connectivity index is 2.22. The highest BCUT2D eigenvalue weighted by atomic mass is 32.1. The van der Waals surface area contributed by atoms with Gasteiger partial charge in [0.25, 0.3) is 0 Å². The standard InChI is InChI=1S/C10H9NO2S/c1-7(12)5-8-6-11-10(13-8)9-3-2-4-14-9/h2-4,6H,5H2,1H3. The van der Waals surface area contributed by atoms with Crippen LogP contribution < -0.4 is 0 Å². The number of Topliss-reactive ketones (excluding diaryl/α,β-unsaturated/α-hetero) is 1. The summed E-state index contributed by atoms with van der Waals surface area (Å²) in [7, 11) is 0. The van der Waals surface area contributed by atoms with Gasteiger partial charge in [-0.3, -0.25) is 4.79 Å². The fourth-order valence-electron chi connectivity index (χ4n) is 1.15. The fraction of sp³-hybridized carbons (Fsp3) is 0.200. The quantitative estimate of drug-likeness (QED) is 0.776. The molecule has 0 bridgehead atoms. The second-order valence-corrected chi connectivity index (χ2v) is 3.94. The molecule has 4 heteroatoms. The lowest BCUT2D eigenvalue weighted by Crippen LogP contribution is -1.93. The van der Waals surface area contributed by atoms with E-state index >= 15 is 0 Å². The van der Waals surface area contributed by atoms with Gasteiger partial charge in [0.2, 0.25) is 5.89 Å². The second-order valence-electron chi connectivity index (χ2n) is 2.99. The van der Waals surface area contributed by atoms with Crippen molar-refractivity contribution in [3.8, 4) is 10.8 Å². The van der Waals surface area contributed by atoms with Gasteiger partial charge in [-0.2, -0.15) is 0 Å². The van der Waals surface area contributed by atoms with Gasteiger partial charge in [-0.05, 0) is 18.4 Å². The molecule has 3 nitrogen and oxygen atoms in total. The van der Waals surface area contributed by atoms with Crippen molar-refractivity contribution < 1.29 is 9.21 Å². The normalized spacial score (nSPS) is 10.4. The highest BCUT2D eigenvalue weighted by Gasteiger charge is 2.08. The second kappa shape index (κ2) is 3.75. The molecule has 14 heavy (non-hydrogen) atoms. The van der Waals surface area contributed by atoms with Crippen molar-refractivity contribution in [2.45, 2.75) is 13.3 Å². The average molecular weight is 207 g/mol. The van der Waals surface area contributed by atoms with Crippen LogP contribution in [0.5, 0.6) is 0 Å². The summed E-state index contributed by atoms with van der Waals surface area (Å²) in [5, 5.41) is 1.96. The largest absolute Gasteiger partial charge is 0.440 e. The number of hydrogen-bond donors (Lipinski definition) is 0. The molecule has 0 amide bonds. The number of hydrogen-bond acceptors (Lipinski definition) is 4. The Morgan fingerprint density at radius 3 is 3.14 bits per heavy atom. The summed E-state index contributed by atoms with van der Waals surface area (Å²) in [6, 6.07) is 3.88. The number of ketones is 1. The van der Waals surface area contributed by atoms with Crippen LogP contribution in [0.2, 0.25) is 0 Å². The molecule has 0 radical (unpaired) electrons. The first kappa shape index (κ1) is 9.15. The predicted octanol–water partition coefficient (Wildman–Crippen LogP) is 2.53. The minimum absolute atomic E-state index is 0.0823. The summed E-state index contributed by atoms with van der Waals surface area (Å²) in [5.74, 6) is 1.30. The third-order valence-corrected chi connectivity index (χ3v) is 2.57. The third-order valence-electron chi connectivity index (χ3n) is 1.71. The summed E-state index contributed by atoms with van der Waals surface area (Å²) in [5.41, 5.74) is 0. The zero-order valence-electron chi connectivity index (χ0n) is 7.69. The Morgan fingerprint density at radius 1 is 1.64 bits per heavy atom. The fourth-order valence-corrected chi connectivity index (χ4v) is 1.80. The Labute approximate surface area is 85.4 Å². The molecule has 72 valence electrons. The van der Waals surface area contributed by atoms with E-state index in [4.69, 9.17) is 4.42 Å². The van der Waals surface area contributed by atoms with E-state index in [-0.39, 0.29) is 5.78 Å². The Kier molecular flexibility index (Phi) is 2.45. The summed E-state index contributed by atoms with van der Waals surface area (Å²) in [6.45, 7) is 1.54. The molecule has 2 rings (SSSR count). The van der Waals surface area contributed by atoms with Crippen molar-refractivity contribution in [1.82, 2.24) is 4.98 Å². The van der Waals surface area contributed by atoms with Crippen molar-refractivity contribution in [2.24, 2.45) is 0 Å². The molecule has 0 aliphatic rings. The highest BCUT2D eigenvalue weighted by molar-refractivity contribution is 7.13. The van der Waals surface area contributed by atoms with Crippen LogP contribution in [-0.2, 0) is 11.2 Å². The smallest absolute Gasteiger partial charge is 0.236 e. The van der Waals surface area contributed by atoms with Gasteiger partial charge in [-0.1, -0.05) is 6.07 Å². The number of rotatable bonds is 3. The van der Waals surface area contributed by atoms with Gasteiger partial charge >= 0.3 is 0 Å². The van der Waals surface area contributed by atoms with Crippen LogP contribution in [0, 0.1) is 0 Å². The van der Waals surface area contributed by atoms with E-state index in [1.165, 1.54) is 6.92 Å². The molecule has 0 spiro atoms. The molecule has 0 atom stereocenters. The number of thiophene rings is 1. The molecule has 0 N–H and O–H groups in total. The van der Waals surface area contributed by atoms with Gasteiger partial charge in [-0.15, -0.1) is 11.3 Å². The molecule has 0 aliphatic heterocycles. The average Bonchev–Trinajstić information content (AvgIpc) is 2.69. The maximum atomic E-state index is 10.8. The van der Waals surface area contributed by atoms with Crippen LogP contribution in [0.15, 0.2) is 28.1 Å². The summed E-state index contributed by atoms with van der Waals surface area (Å²) >= 11 is 1.57. The molecule has 0 saturated heterocycles. The van der Waals surface area contributed by atoms with Gasteiger partial charge < -0.3 is 4.42 Å². The third kappa shape index (κ3) is 1.90. The molecule has 0 saturated carbocycles. The van der Waals surface area contributed by atoms with Crippen LogP contribution >= 0.6 is 11.3 Å². The Bertz CT molecular complexity index is 431. The minimum Gasteiger partial charge on any atom is -0.440 e. The van der Waals surface area contributed by atoms with E-state index in [0.29, 0.717) is 18.1 Å². The summed E-state index contributed by atoms with van der Waals surface area (Å²) in [4.78, 5) is 15.9. The molecule has 0 aromatic carbocycles. The maximum absolute atomic E-state index is 10.8. The van der Waals surface area contributed by atoms with E-state index in [2.05, 4.69) is 4.98 Å². The summed E-state index contributed by atoms with van der Waals surface area (Å²) in [6.07, 6.45) is 1.93. The molecule has 0 aliphatic carbocycles. The number of aromatic nitrogens is 1. The van der Waals surface area contributed by atoms with Crippen molar-refractivity contribution in [1.29, 1.82) is 0 Å². The van der Waals surface area contributed by atoms with Crippen LogP contribution in [0.1, 0.15) is 12.7 Å². The van der Waals surface area contributed by atoms with E-state index in [0.717, 1.165) is 4.88 Å². The SMILES string of the molecule is CC(=O)Cc1cnc(-c2cccs2)o1. The first-order chi connectivity index (χ1) is 6.75. The van der Waals surface area contributed by atoms with Crippen molar-refractivity contribution in [3.05, 3.63) is 29.5 Å². The van der Waals surface area contributed by atoms with Crippen LogP contribution in [0.4, 0.5) is 0 Å². The molecular formula is C10H9NO2S. The number of carbonyl (C=O) groups is 1. The molecular weight excluding hydrogens is 198 g/mol. The summed E-state index contributed by atoms with van der Waals surface area (Å²) < 4.78 is 5.42. The Morgan fingerprint density at radius 2 is 2.50 bits per heavy atom. The zero-order valence-corrected chi connectivity index (χ0v) is 8.50.